The van der Waals surface area contributed by atoms with Gasteiger partial charge in [-0.05, 0) is 24.1 Å². The van der Waals surface area contributed by atoms with E-state index >= 15 is 0 Å². The van der Waals surface area contributed by atoms with Gasteiger partial charge in [0, 0.05) is 32.6 Å². The van der Waals surface area contributed by atoms with Gasteiger partial charge in [0.1, 0.15) is 0 Å². The number of para-hydroxylation sites is 1. The number of nitrogens with two attached hydrogens (primary N) is 1. The highest BCUT2D eigenvalue weighted by molar-refractivity contribution is 6.39. The summed E-state index contributed by atoms with van der Waals surface area (Å²) in [7, 11) is 0. The highest BCUT2D eigenvalue weighted by Crippen LogP contribution is 2.29. The van der Waals surface area contributed by atoms with Gasteiger partial charge >= 0.3 is 0 Å². The van der Waals surface area contributed by atoms with E-state index in [0.29, 0.717) is 35.2 Å². The third-order valence-corrected chi connectivity index (χ3v) is 4.52. The molecule has 0 heterocycles. The van der Waals surface area contributed by atoms with Crippen LogP contribution in [0.15, 0.2) is 48.5 Å². The molecule has 0 spiro atoms. The van der Waals surface area contributed by atoms with Gasteiger partial charge in [0.25, 0.3) is 0 Å². The molecule has 0 fully saturated rings. The lowest BCUT2D eigenvalue weighted by Crippen LogP contribution is -2.34. The van der Waals surface area contributed by atoms with E-state index in [2.05, 4.69) is 22.3 Å². The zero-order valence-corrected chi connectivity index (χ0v) is 16.8. The lowest BCUT2D eigenvalue weighted by atomic mass is 10.1. The molecule has 1 amide bonds. The Bertz CT molecular complexity index is 663. The molecular weight excluding hydrogens is 393 g/mol. The first-order valence-electron chi connectivity index (χ1n) is 8.30. The second-order valence-electron chi connectivity index (χ2n) is 5.76. The van der Waals surface area contributed by atoms with Crippen LogP contribution < -0.4 is 11.1 Å². The smallest absolute Gasteiger partial charge is 0.225 e. The molecule has 0 radical (unpaired) electrons. The molecule has 142 valence electrons. The van der Waals surface area contributed by atoms with Crippen LogP contribution in [0.2, 0.25) is 10.0 Å². The summed E-state index contributed by atoms with van der Waals surface area (Å²) < 4.78 is 0. The predicted octanol–water partition coefficient (Wildman–Crippen LogP) is 4.25. The van der Waals surface area contributed by atoms with Gasteiger partial charge in [0.2, 0.25) is 5.91 Å². The fourth-order valence-electron chi connectivity index (χ4n) is 2.53. The van der Waals surface area contributed by atoms with Crippen LogP contribution in [0.25, 0.3) is 0 Å². The van der Waals surface area contributed by atoms with Crippen LogP contribution in [0.5, 0.6) is 0 Å². The molecule has 0 atom stereocenters. The highest BCUT2D eigenvalue weighted by atomic mass is 35.5. The Morgan fingerprint density at radius 2 is 1.62 bits per heavy atom. The Balaban J connectivity index is 0.00000338. The van der Waals surface area contributed by atoms with Crippen LogP contribution in [-0.2, 0) is 11.2 Å². The Morgan fingerprint density at radius 3 is 2.23 bits per heavy atom. The standard InChI is InChI=1S/C19H23Cl2N3O.ClH/c20-16-7-4-8-17(21)19(16)23-18(25)10-13-24(14-11-22)12-9-15-5-2-1-3-6-15;/h1-8H,9-14,22H2,(H,23,25);1H. The fourth-order valence-corrected chi connectivity index (χ4v) is 3.02. The molecule has 2 aromatic rings. The second-order valence-corrected chi connectivity index (χ2v) is 6.58. The molecule has 0 bridgehead atoms. The normalized spacial score (nSPS) is 10.5. The Hall–Kier alpha value is -1.30. The minimum Gasteiger partial charge on any atom is -0.329 e. The summed E-state index contributed by atoms with van der Waals surface area (Å²) in [6.45, 7) is 2.82. The molecule has 4 nitrogen and oxygen atoms in total. The summed E-state index contributed by atoms with van der Waals surface area (Å²) in [6, 6.07) is 15.4. The lowest BCUT2D eigenvalue weighted by molar-refractivity contribution is -0.116. The summed E-state index contributed by atoms with van der Waals surface area (Å²) >= 11 is 12.2. The molecule has 0 aliphatic rings. The number of hydrogen-bond acceptors (Lipinski definition) is 3. The number of halogens is 3. The summed E-state index contributed by atoms with van der Waals surface area (Å²) in [5.41, 5.74) is 7.43. The van der Waals surface area contributed by atoms with Crippen molar-refractivity contribution in [2.75, 3.05) is 31.5 Å². The van der Waals surface area contributed by atoms with Gasteiger partial charge in [-0.1, -0.05) is 59.6 Å². The maximum Gasteiger partial charge on any atom is 0.225 e. The zero-order valence-electron chi connectivity index (χ0n) is 14.5. The molecule has 0 aliphatic heterocycles. The van der Waals surface area contributed by atoms with Crippen molar-refractivity contribution in [2.45, 2.75) is 12.8 Å². The number of rotatable bonds is 9. The van der Waals surface area contributed by atoms with E-state index in [0.717, 1.165) is 19.5 Å². The van der Waals surface area contributed by atoms with Gasteiger partial charge in [0.15, 0.2) is 0 Å². The van der Waals surface area contributed by atoms with Crippen molar-refractivity contribution in [3.05, 3.63) is 64.1 Å². The van der Waals surface area contributed by atoms with E-state index in [9.17, 15) is 4.79 Å². The molecule has 3 N–H and O–H groups in total. The Kier molecular flexibility index (Phi) is 10.6. The van der Waals surface area contributed by atoms with Crippen molar-refractivity contribution in [3.8, 4) is 0 Å². The van der Waals surface area contributed by atoms with Gasteiger partial charge in [0.05, 0.1) is 15.7 Å². The quantitative estimate of drug-likeness (QED) is 0.642. The number of amides is 1. The van der Waals surface area contributed by atoms with Gasteiger partial charge in [-0.2, -0.15) is 0 Å². The number of hydrogen-bond donors (Lipinski definition) is 2. The van der Waals surface area contributed by atoms with Crippen LogP contribution >= 0.6 is 35.6 Å². The molecule has 0 saturated heterocycles. The Labute approximate surface area is 171 Å². The number of benzene rings is 2. The third kappa shape index (κ3) is 7.52. The van der Waals surface area contributed by atoms with E-state index < -0.39 is 0 Å². The SMILES string of the molecule is Cl.NCCN(CCC(=O)Nc1c(Cl)cccc1Cl)CCc1ccccc1. The van der Waals surface area contributed by atoms with Crippen LogP contribution in [0.3, 0.4) is 0 Å². The van der Waals surface area contributed by atoms with Crippen molar-refractivity contribution in [3.63, 3.8) is 0 Å². The maximum atomic E-state index is 12.2. The van der Waals surface area contributed by atoms with Crippen LogP contribution in [-0.4, -0.2) is 37.0 Å². The van der Waals surface area contributed by atoms with Gasteiger partial charge in [-0.15, -0.1) is 12.4 Å². The number of nitrogens with zero attached hydrogens (tertiary/aromatic N) is 1. The van der Waals surface area contributed by atoms with Crippen LogP contribution in [0, 0.1) is 0 Å². The first-order chi connectivity index (χ1) is 12.1. The second kappa shape index (κ2) is 12.2. The first-order valence-corrected chi connectivity index (χ1v) is 9.06. The average molecular weight is 417 g/mol. The molecule has 0 aromatic heterocycles. The van der Waals surface area contributed by atoms with E-state index in [-0.39, 0.29) is 18.3 Å². The number of anilines is 1. The lowest BCUT2D eigenvalue weighted by Gasteiger charge is -2.21. The minimum absolute atomic E-state index is 0. The molecule has 0 unspecified atom stereocenters. The van der Waals surface area contributed by atoms with Crippen molar-refractivity contribution >= 4 is 47.2 Å². The van der Waals surface area contributed by atoms with Crippen molar-refractivity contribution in [1.82, 2.24) is 4.90 Å². The molecule has 0 aliphatic carbocycles. The molecular formula is C19H24Cl3N3O. The van der Waals surface area contributed by atoms with E-state index in [4.69, 9.17) is 28.9 Å². The van der Waals surface area contributed by atoms with Crippen molar-refractivity contribution in [2.24, 2.45) is 5.73 Å². The largest absolute Gasteiger partial charge is 0.329 e. The van der Waals surface area contributed by atoms with Crippen LogP contribution in [0.1, 0.15) is 12.0 Å². The summed E-state index contributed by atoms with van der Waals surface area (Å²) in [4.78, 5) is 14.4. The summed E-state index contributed by atoms with van der Waals surface area (Å²) in [5, 5.41) is 3.66. The molecule has 2 rings (SSSR count). The maximum absolute atomic E-state index is 12.2. The van der Waals surface area contributed by atoms with Gasteiger partial charge in [-0.25, -0.2) is 0 Å². The molecule has 7 heteroatoms. The average Bonchev–Trinajstić information content (AvgIpc) is 2.61. The van der Waals surface area contributed by atoms with E-state index in [1.807, 2.05) is 18.2 Å². The highest BCUT2D eigenvalue weighted by Gasteiger charge is 2.12. The Morgan fingerprint density at radius 1 is 0.962 bits per heavy atom. The number of carbonyl (C=O) groups is 1. The van der Waals surface area contributed by atoms with E-state index in [1.165, 1.54) is 5.56 Å². The minimum atomic E-state index is -0.114. The number of carbonyl (C=O) groups excluding carboxylic acids is 1. The van der Waals surface area contributed by atoms with Crippen LogP contribution in [0.4, 0.5) is 5.69 Å². The first kappa shape index (κ1) is 22.7. The summed E-state index contributed by atoms with van der Waals surface area (Å²) in [6.07, 6.45) is 1.29. The molecule has 2 aromatic carbocycles. The monoisotopic (exact) mass is 415 g/mol. The predicted molar refractivity (Wildman–Crippen MR) is 113 cm³/mol. The van der Waals surface area contributed by atoms with Gasteiger partial charge < -0.3 is 16.0 Å². The van der Waals surface area contributed by atoms with Crippen molar-refractivity contribution in [1.29, 1.82) is 0 Å². The number of nitrogens with one attached hydrogen (secondary N) is 1. The third-order valence-electron chi connectivity index (χ3n) is 3.89. The molecule has 26 heavy (non-hydrogen) atoms. The zero-order chi connectivity index (χ0) is 18.1. The molecule has 0 saturated carbocycles. The van der Waals surface area contributed by atoms with Crippen molar-refractivity contribution < 1.29 is 4.79 Å². The summed E-state index contributed by atoms with van der Waals surface area (Å²) in [5.74, 6) is -0.114. The fraction of sp³-hybridized carbons (Fsp3) is 0.316. The van der Waals surface area contributed by atoms with Gasteiger partial charge in [-0.3, -0.25) is 4.79 Å². The topological polar surface area (TPSA) is 58.4 Å². The van der Waals surface area contributed by atoms with E-state index in [1.54, 1.807) is 18.2 Å².